The zero-order chi connectivity index (χ0) is 18.6. The summed E-state index contributed by atoms with van der Waals surface area (Å²) in [5, 5.41) is 16.5. The molecule has 1 atom stereocenters. The van der Waals surface area contributed by atoms with Crippen molar-refractivity contribution in [2.75, 3.05) is 6.54 Å². The first-order chi connectivity index (χ1) is 12.5. The average Bonchev–Trinajstić information content (AvgIpc) is 3.07. The van der Waals surface area contributed by atoms with Gasteiger partial charge in [-0.3, -0.25) is 5.84 Å². The van der Waals surface area contributed by atoms with Crippen LogP contribution in [0, 0.1) is 11.6 Å². The summed E-state index contributed by atoms with van der Waals surface area (Å²) in [5.41, 5.74) is -0.842. The van der Waals surface area contributed by atoms with Crippen LogP contribution >= 0.6 is 0 Å². The molecule has 0 saturated carbocycles. The topological polar surface area (TPSA) is 80.2 Å². The second-order valence-corrected chi connectivity index (χ2v) is 6.14. The largest absolute Gasteiger partial charge is 0.382 e. The normalized spacial score (nSPS) is 13.7. The van der Waals surface area contributed by atoms with E-state index in [0.29, 0.717) is 6.54 Å². The summed E-state index contributed by atoms with van der Waals surface area (Å²) in [6.07, 6.45) is 2.72. The summed E-state index contributed by atoms with van der Waals surface area (Å²) >= 11 is 0. The van der Waals surface area contributed by atoms with Crippen molar-refractivity contribution < 1.29 is 13.9 Å². The Hall–Kier alpha value is -2.68. The SMILES string of the molecule is NN(Cc1ccccc1)C[C@](O)(Cn1cncn1)c1ccc(F)cc1F. The lowest BCUT2D eigenvalue weighted by Gasteiger charge is -2.32. The van der Waals surface area contributed by atoms with Crippen LogP contribution in [0.5, 0.6) is 0 Å². The predicted octanol–water partition coefficient (Wildman–Crippen LogP) is 1.82. The van der Waals surface area contributed by atoms with Gasteiger partial charge in [0.05, 0.1) is 6.54 Å². The summed E-state index contributed by atoms with van der Waals surface area (Å²) < 4.78 is 29.0. The van der Waals surface area contributed by atoms with Crippen molar-refractivity contribution in [2.24, 2.45) is 5.84 Å². The summed E-state index contributed by atoms with van der Waals surface area (Å²) in [4.78, 5) is 3.83. The molecule has 0 fully saturated rings. The van der Waals surface area contributed by atoms with E-state index in [0.717, 1.165) is 17.7 Å². The van der Waals surface area contributed by atoms with E-state index in [9.17, 15) is 13.9 Å². The van der Waals surface area contributed by atoms with Gasteiger partial charge in [0.15, 0.2) is 0 Å². The molecule has 0 radical (unpaired) electrons. The Bertz CT molecular complexity index is 844. The second kappa shape index (κ2) is 7.69. The Morgan fingerprint density at radius 1 is 1.15 bits per heavy atom. The highest BCUT2D eigenvalue weighted by Crippen LogP contribution is 2.27. The van der Waals surface area contributed by atoms with E-state index in [4.69, 9.17) is 5.84 Å². The van der Waals surface area contributed by atoms with Crippen molar-refractivity contribution in [1.82, 2.24) is 19.8 Å². The molecule has 3 N–H and O–H groups in total. The van der Waals surface area contributed by atoms with Gasteiger partial charge in [-0.1, -0.05) is 36.4 Å². The lowest BCUT2D eigenvalue weighted by Crippen LogP contribution is -2.47. The van der Waals surface area contributed by atoms with E-state index in [1.165, 1.54) is 28.4 Å². The minimum absolute atomic E-state index is 0.0575. The van der Waals surface area contributed by atoms with Crippen molar-refractivity contribution in [2.45, 2.75) is 18.7 Å². The number of benzene rings is 2. The fraction of sp³-hybridized carbons (Fsp3) is 0.222. The number of aliphatic hydroxyl groups is 1. The minimum Gasteiger partial charge on any atom is -0.382 e. The number of hydrogen-bond acceptors (Lipinski definition) is 5. The van der Waals surface area contributed by atoms with Gasteiger partial charge in [-0.25, -0.2) is 23.5 Å². The van der Waals surface area contributed by atoms with Gasteiger partial charge in [0, 0.05) is 24.7 Å². The Balaban J connectivity index is 1.87. The van der Waals surface area contributed by atoms with Crippen LogP contribution in [0.25, 0.3) is 0 Å². The molecule has 0 aliphatic rings. The first kappa shape index (κ1) is 18.1. The van der Waals surface area contributed by atoms with Crippen molar-refractivity contribution >= 4 is 0 Å². The fourth-order valence-electron chi connectivity index (χ4n) is 2.88. The molecule has 26 heavy (non-hydrogen) atoms. The molecular formula is C18H19F2N5O. The fourth-order valence-corrected chi connectivity index (χ4v) is 2.88. The number of hydrogen-bond donors (Lipinski definition) is 2. The van der Waals surface area contributed by atoms with Crippen molar-refractivity contribution in [3.63, 3.8) is 0 Å². The Morgan fingerprint density at radius 3 is 2.58 bits per heavy atom. The molecule has 6 nitrogen and oxygen atoms in total. The molecule has 1 heterocycles. The molecular weight excluding hydrogens is 340 g/mol. The standard InChI is InChI=1S/C18H19F2N5O/c19-15-6-7-16(17(20)8-15)18(26,11-25-13-22-12-23-25)10-24(21)9-14-4-2-1-3-5-14/h1-8,12-13,26H,9-11,21H2/t18-/m0/s1. The molecule has 3 rings (SSSR count). The van der Waals surface area contributed by atoms with Gasteiger partial charge in [0.25, 0.3) is 0 Å². The smallest absolute Gasteiger partial charge is 0.137 e. The van der Waals surface area contributed by atoms with Crippen molar-refractivity contribution in [1.29, 1.82) is 0 Å². The molecule has 136 valence electrons. The van der Waals surface area contributed by atoms with Gasteiger partial charge >= 0.3 is 0 Å². The number of nitrogens with two attached hydrogens (primary N) is 1. The number of nitrogens with zero attached hydrogens (tertiary/aromatic N) is 4. The zero-order valence-electron chi connectivity index (χ0n) is 14.0. The number of rotatable bonds is 7. The van der Waals surface area contributed by atoms with E-state index in [-0.39, 0.29) is 18.7 Å². The highest BCUT2D eigenvalue weighted by Gasteiger charge is 2.35. The zero-order valence-corrected chi connectivity index (χ0v) is 14.0. The summed E-state index contributed by atoms with van der Waals surface area (Å²) in [6.45, 7) is 0.172. The molecule has 0 amide bonds. The quantitative estimate of drug-likeness (QED) is 0.497. The van der Waals surface area contributed by atoms with Crippen LogP contribution in [0.15, 0.2) is 61.2 Å². The maximum absolute atomic E-state index is 14.3. The first-order valence-electron chi connectivity index (χ1n) is 8.00. The molecule has 0 aliphatic carbocycles. The second-order valence-electron chi connectivity index (χ2n) is 6.14. The molecule has 0 bridgehead atoms. The first-order valence-corrected chi connectivity index (χ1v) is 8.00. The van der Waals surface area contributed by atoms with E-state index in [2.05, 4.69) is 10.1 Å². The van der Waals surface area contributed by atoms with Gasteiger partial charge in [0.1, 0.15) is 29.9 Å². The Kier molecular flexibility index (Phi) is 5.36. The van der Waals surface area contributed by atoms with Gasteiger partial charge in [-0.05, 0) is 11.6 Å². The van der Waals surface area contributed by atoms with Crippen LogP contribution in [0.2, 0.25) is 0 Å². The summed E-state index contributed by atoms with van der Waals surface area (Å²) in [6, 6.07) is 12.5. The number of hydrazine groups is 1. The van der Waals surface area contributed by atoms with E-state index >= 15 is 0 Å². The van der Waals surface area contributed by atoms with Crippen LogP contribution in [-0.4, -0.2) is 31.4 Å². The molecule has 2 aromatic carbocycles. The molecule has 0 spiro atoms. The van der Waals surface area contributed by atoms with Crippen LogP contribution in [0.4, 0.5) is 8.78 Å². The average molecular weight is 359 g/mol. The predicted molar refractivity (Wildman–Crippen MR) is 91.3 cm³/mol. The van der Waals surface area contributed by atoms with Crippen LogP contribution in [0.3, 0.4) is 0 Å². The number of halogens is 2. The van der Waals surface area contributed by atoms with Crippen molar-refractivity contribution in [3.8, 4) is 0 Å². The summed E-state index contributed by atoms with van der Waals surface area (Å²) in [5.74, 6) is 4.50. The van der Waals surface area contributed by atoms with Crippen molar-refractivity contribution in [3.05, 3.63) is 83.9 Å². The monoisotopic (exact) mass is 359 g/mol. The minimum atomic E-state index is -1.73. The van der Waals surface area contributed by atoms with Gasteiger partial charge in [-0.15, -0.1) is 0 Å². The lowest BCUT2D eigenvalue weighted by atomic mass is 9.92. The molecule has 0 saturated heterocycles. The maximum atomic E-state index is 14.3. The van der Waals surface area contributed by atoms with Gasteiger partial charge < -0.3 is 5.11 Å². The summed E-state index contributed by atoms with van der Waals surface area (Å²) in [7, 11) is 0. The number of aromatic nitrogens is 3. The van der Waals surface area contributed by atoms with E-state index < -0.39 is 17.2 Å². The molecule has 1 aromatic heterocycles. The Labute approximate surface area is 149 Å². The third-order valence-electron chi connectivity index (χ3n) is 4.02. The van der Waals surface area contributed by atoms with Crippen LogP contribution < -0.4 is 5.84 Å². The molecule has 0 unspecified atom stereocenters. The molecule has 0 aliphatic heterocycles. The van der Waals surface area contributed by atoms with Gasteiger partial charge in [-0.2, -0.15) is 5.10 Å². The van der Waals surface area contributed by atoms with Crippen LogP contribution in [-0.2, 0) is 18.7 Å². The third kappa shape index (κ3) is 4.29. The van der Waals surface area contributed by atoms with Gasteiger partial charge in [0.2, 0.25) is 0 Å². The maximum Gasteiger partial charge on any atom is 0.137 e. The van der Waals surface area contributed by atoms with E-state index in [1.807, 2.05) is 30.3 Å². The highest BCUT2D eigenvalue weighted by atomic mass is 19.1. The van der Waals surface area contributed by atoms with E-state index in [1.54, 1.807) is 0 Å². The highest BCUT2D eigenvalue weighted by molar-refractivity contribution is 5.26. The Morgan fingerprint density at radius 2 is 1.92 bits per heavy atom. The van der Waals surface area contributed by atoms with Crippen LogP contribution in [0.1, 0.15) is 11.1 Å². The lowest BCUT2D eigenvalue weighted by molar-refractivity contribution is -0.0240. The molecule has 3 aromatic rings. The third-order valence-corrected chi connectivity index (χ3v) is 4.02. The molecule has 8 heteroatoms.